The molecule has 0 fully saturated rings. The number of amides is 2. The van der Waals surface area contributed by atoms with E-state index in [4.69, 9.17) is 0 Å². The summed E-state index contributed by atoms with van der Waals surface area (Å²) >= 11 is 0. The van der Waals surface area contributed by atoms with Crippen LogP contribution in [0.5, 0.6) is 0 Å². The molecule has 0 bridgehead atoms. The average molecular weight is 564 g/mol. The summed E-state index contributed by atoms with van der Waals surface area (Å²) in [6.07, 6.45) is 1.73. The van der Waals surface area contributed by atoms with Crippen LogP contribution >= 0.6 is 0 Å². The zero-order valence-corrected chi connectivity index (χ0v) is 24.9. The zero-order valence-electron chi connectivity index (χ0n) is 24.1. The fraction of sp³-hybridized carbons (Fsp3) is 0.375. The van der Waals surface area contributed by atoms with Crippen LogP contribution in [0.3, 0.4) is 0 Å². The van der Waals surface area contributed by atoms with Crippen LogP contribution in [0, 0.1) is 6.92 Å². The van der Waals surface area contributed by atoms with Crippen molar-refractivity contribution >= 4 is 27.5 Å². The van der Waals surface area contributed by atoms with Crippen molar-refractivity contribution in [3.05, 3.63) is 95.6 Å². The first kappa shape index (κ1) is 30.9. The highest BCUT2D eigenvalue weighted by Crippen LogP contribution is 2.28. The molecule has 2 atom stereocenters. The number of hydrogen-bond donors (Lipinski definition) is 1. The molecule has 7 nitrogen and oxygen atoms in total. The molecule has 0 saturated carbocycles. The number of hydrogen-bond acceptors (Lipinski definition) is 4. The lowest BCUT2D eigenvalue weighted by molar-refractivity contribution is -0.140. The Morgan fingerprint density at radius 3 is 2.08 bits per heavy atom. The van der Waals surface area contributed by atoms with E-state index in [0.717, 1.165) is 23.1 Å². The van der Waals surface area contributed by atoms with E-state index in [1.54, 1.807) is 30.3 Å². The molecule has 0 unspecified atom stereocenters. The van der Waals surface area contributed by atoms with Gasteiger partial charge >= 0.3 is 0 Å². The Hall–Kier alpha value is -3.65. The Kier molecular flexibility index (Phi) is 10.9. The Morgan fingerprint density at radius 2 is 1.48 bits per heavy atom. The van der Waals surface area contributed by atoms with Crippen LogP contribution in [-0.4, -0.2) is 43.8 Å². The van der Waals surface area contributed by atoms with E-state index in [9.17, 15) is 18.0 Å². The second kappa shape index (κ2) is 14.1. The number of para-hydroxylation sites is 1. The number of nitrogens with zero attached hydrogens (tertiary/aromatic N) is 2. The maximum absolute atomic E-state index is 14.2. The molecule has 3 aromatic rings. The first-order valence-electron chi connectivity index (χ1n) is 13.9. The first-order valence-corrected chi connectivity index (χ1v) is 15.4. The van der Waals surface area contributed by atoms with Crippen molar-refractivity contribution in [3.63, 3.8) is 0 Å². The lowest BCUT2D eigenvalue weighted by Crippen LogP contribution is -2.53. The molecule has 2 amide bonds. The molecule has 0 heterocycles. The average Bonchev–Trinajstić information content (AvgIpc) is 2.96. The number of benzene rings is 3. The van der Waals surface area contributed by atoms with Crippen LogP contribution in [0.1, 0.15) is 57.2 Å². The molecular weight excluding hydrogens is 522 g/mol. The van der Waals surface area contributed by atoms with Gasteiger partial charge in [0, 0.05) is 12.6 Å². The SMILES string of the molecule is CCc1ccccc1N(CC(=O)N(Cc1ccc(C)cc1)[C@@H](CC)C(=O)N[C@@H](C)CC)S(=O)(=O)c1ccccc1. The quantitative estimate of drug-likeness (QED) is 0.299. The van der Waals surface area contributed by atoms with E-state index in [1.807, 2.05) is 71.0 Å². The van der Waals surface area contributed by atoms with Gasteiger partial charge < -0.3 is 10.2 Å². The van der Waals surface area contributed by atoms with Crippen molar-refractivity contribution in [1.82, 2.24) is 10.2 Å². The highest BCUT2D eigenvalue weighted by atomic mass is 32.2. The van der Waals surface area contributed by atoms with Gasteiger partial charge in [-0.3, -0.25) is 13.9 Å². The Bertz CT molecular complexity index is 1370. The molecular formula is C32H41N3O4S. The summed E-state index contributed by atoms with van der Waals surface area (Å²) in [7, 11) is -4.08. The number of carbonyl (C=O) groups excluding carboxylic acids is 2. The van der Waals surface area contributed by atoms with Crippen LogP contribution in [0.2, 0.25) is 0 Å². The van der Waals surface area contributed by atoms with E-state index in [-0.39, 0.29) is 23.4 Å². The van der Waals surface area contributed by atoms with Crippen LogP contribution < -0.4 is 9.62 Å². The van der Waals surface area contributed by atoms with Gasteiger partial charge in [-0.1, -0.05) is 87.0 Å². The van der Waals surface area contributed by atoms with Gasteiger partial charge in [0.05, 0.1) is 10.6 Å². The van der Waals surface area contributed by atoms with E-state index in [1.165, 1.54) is 21.3 Å². The fourth-order valence-corrected chi connectivity index (χ4v) is 6.01. The summed E-state index contributed by atoms with van der Waals surface area (Å²) in [5, 5.41) is 3.01. The van der Waals surface area contributed by atoms with Gasteiger partial charge in [-0.05, 0) is 62.4 Å². The van der Waals surface area contributed by atoms with Gasteiger partial charge in [0.25, 0.3) is 10.0 Å². The smallest absolute Gasteiger partial charge is 0.264 e. The van der Waals surface area contributed by atoms with Crippen molar-refractivity contribution in [2.45, 2.75) is 77.4 Å². The number of nitrogens with one attached hydrogen (secondary N) is 1. The van der Waals surface area contributed by atoms with Crippen LogP contribution in [0.15, 0.2) is 83.8 Å². The van der Waals surface area contributed by atoms with E-state index >= 15 is 0 Å². The number of rotatable bonds is 13. The topological polar surface area (TPSA) is 86.8 Å². The lowest BCUT2D eigenvalue weighted by atomic mass is 10.1. The molecule has 8 heteroatoms. The van der Waals surface area contributed by atoms with Crippen molar-refractivity contribution < 1.29 is 18.0 Å². The van der Waals surface area contributed by atoms with Gasteiger partial charge in [-0.2, -0.15) is 0 Å². The largest absolute Gasteiger partial charge is 0.352 e. The minimum absolute atomic E-state index is 0.0516. The molecule has 0 spiro atoms. The summed E-state index contributed by atoms with van der Waals surface area (Å²) in [5.41, 5.74) is 3.20. The predicted octanol–water partition coefficient (Wildman–Crippen LogP) is 5.47. The monoisotopic (exact) mass is 563 g/mol. The van der Waals surface area contributed by atoms with Gasteiger partial charge in [0.15, 0.2) is 0 Å². The highest BCUT2D eigenvalue weighted by molar-refractivity contribution is 7.92. The van der Waals surface area contributed by atoms with Crippen LogP contribution in [0.4, 0.5) is 5.69 Å². The Morgan fingerprint density at radius 1 is 0.850 bits per heavy atom. The second-order valence-corrected chi connectivity index (χ2v) is 11.9. The maximum Gasteiger partial charge on any atom is 0.264 e. The normalized spacial score (nSPS) is 12.8. The molecule has 3 aromatic carbocycles. The minimum atomic E-state index is -4.08. The van der Waals surface area contributed by atoms with Crippen molar-refractivity contribution in [3.8, 4) is 0 Å². The Balaban J connectivity index is 2.08. The van der Waals surface area contributed by atoms with E-state index < -0.39 is 28.5 Å². The van der Waals surface area contributed by atoms with Gasteiger partial charge in [-0.15, -0.1) is 0 Å². The van der Waals surface area contributed by atoms with Gasteiger partial charge in [-0.25, -0.2) is 8.42 Å². The molecule has 0 radical (unpaired) electrons. The predicted molar refractivity (Wildman–Crippen MR) is 160 cm³/mol. The molecule has 214 valence electrons. The third-order valence-corrected chi connectivity index (χ3v) is 8.89. The third-order valence-electron chi connectivity index (χ3n) is 7.11. The minimum Gasteiger partial charge on any atom is -0.352 e. The molecule has 0 saturated heterocycles. The van der Waals surface area contributed by atoms with E-state index in [0.29, 0.717) is 18.5 Å². The third kappa shape index (κ3) is 7.50. The molecule has 0 aliphatic rings. The van der Waals surface area contributed by atoms with Crippen molar-refractivity contribution in [2.24, 2.45) is 0 Å². The van der Waals surface area contributed by atoms with Crippen LogP contribution in [-0.2, 0) is 32.6 Å². The van der Waals surface area contributed by atoms with Gasteiger partial charge in [0.1, 0.15) is 12.6 Å². The number of anilines is 1. The number of aryl methyl sites for hydroxylation is 2. The molecule has 3 rings (SSSR count). The van der Waals surface area contributed by atoms with Crippen molar-refractivity contribution in [2.75, 3.05) is 10.8 Å². The number of carbonyl (C=O) groups is 2. The van der Waals surface area contributed by atoms with Crippen molar-refractivity contribution in [1.29, 1.82) is 0 Å². The fourth-order valence-electron chi connectivity index (χ4n) is 4.54. The summed E-state index contributed by atoms with van der Waals surface area (Å²) in [4.78, 5) is 29.2. The summed E-state index contributed by atoms with van der Waals surface area (Å²) in [6.45, 7) is 9.45. The van der Waals surface area contributed by atoms with Crippen LogP contribution in [0.25, 0.3) is 0 Å². The lowest BCUT2D eigenvalue weighted by Gasteiger charge is -2.34. The highest BCUT2D eigenvalue weighted by Gasteiger charge is 2.34. The van der Waals surface area contributed by atoms with Gasteiger partial charge in [0.2, 0.25) is 11.8 Å². The summed E-state index contributed by atoms with van der Waals surface area (Å²) in [6, 6.07) is 22.3. The Labute approximate surface area is 239 Å². The van der Waals surface area contributed by atoms with E-state index in [2.05, 4.69) is 5.32 Å². The molecule has 0 aliphatic heterocycles. The molecule has 0 aliphatic carbocycles. The second-order valence-electron chi connectivity index (χ2n) is 10.1. The summed E-state index contributed by atoms with van der Waals surface area (Å²) < 4.78 is 29.2. The summed E-state index contributed by atoms with van der Waals surface area (Å²) in [5.74, 6) is -0.694. The molecule has 0 aromatic heterocycles. The zero-order chi connectivity index (χ0) is 29.3. The standard InChI is InChI=1S/C32H41N3O4S/c1-6-25(5)33-32(37)29(8-3)34(22-26-20-18-24(4)19-21-26)31(36)23-35(30-17-13-12-14-27(30)7-2)40(38,39)28-15-10-9-11-16-28/h9-21,25,29H,6-8,22-23H2,1-5H3,(H,33,37)/t25-,29-/m0/s1. The molecule has 1 N–H and O–H groups in total. The maximum atomic E-state index is 14.2. The molecule has 40 heavy (non-hydrogen) atoms. The first-order chi connectivity index (χ1) is 19.1. The number of sulfonamides is 1.